The van der Waals surface area contributed by atoms with E-state index in [2.05, 4.69) is 31.4 Å². The lowest BCUT2D eigenvalue weighted by atomic mass is 9.98. The zero-order chi connectivity index (χ0) is 19.0. The van der Waals surface area contributed by atoms with Crippen molar-refractivity contribution in [2.45, 2.75) is 12.5 Å². The number of hydrogen-bond donors (Lipinski definition) is 2. The highest BCUT2D eigenvalue weighted by Gasteiger charge is 2.31. The Kier molecular flexibility index (Phi) is 4.72. The van der Waals surface area contributed by atoms with Crippen LogP contribution in [0, 0.1) is 0 Å². The minimum atomic E-state index is -0.901. The number of ether oxygens (including phenoxy) is 1. The van der Waals surface area contributed by atoms with Crippen LogP contribution in [0.1, 0.15) is 15.9 Å². The molecule has 1 aliphatic heterocycles. The van der Waals surface area contributed by atoms with Gasteiger partial charge in [-0.05, 0) is 29.8 Å². The maximum atomic E-state index is 12.5. The van der Waals surface area contributed by atoms with Crippen LogP contribution < -0.4 is 5.32 Å². The van der Waals surface area contributed by atoms with E-state index in [0.717, 1.165) is 15.6 Å². The molecule has 0 fully saturated rings. The first-order chi connectivity index (χ1) is 13.0. The number of carbonyl (C=O) groups excluding carboxylic acids is 2. The topological polar surface area (TPSA) is 84.1 Å². The third-order valence-corrected chi connectivity index (χ3v) is 5.05. The number of amides is 1. The fraction of sp³-hybridized carbons (Fsp3) is 0.105. The van der Waals surface area contributed by atoms with Crippen LogP contribution in [-0.4, -0.2) is 28.2 Å². The number of carbonyl (C=O) groups is 2. The van der Waals surface area contributed by atoms with Gasteiger partial charge < -0.3 is 10.1 Å². The average Bonchev–Trinajstić information content (AvgIpc) is 3.12. The van der Waals surface area contributed by atoms with Gasteiger partial charge in [0.1, 0.15) is 0 Å². The molecule has 6 nitrogen and oxygen atoms in total. The van der Waals surface area contributed by atoms with E-state index in [-0.39, 0.29) is 0 Å². The molecule has 0 saturated heterocycles. The molecule has 1 aliphatic rings. The van der Waals surface area contributed by atoms with Crippen molar-refractivity contribution in [2.75, 3.05) is 5.32 Å². The first kappa shape index (κ1) is 17.8. The number of aromatic amines is 1. The predicted molar refractivity (Wildman–Crippen MR) is 105 cm³/mol. The third-order valence-electron chi connectivity index (χ3n) is 4.23. The molecule has 3 aromatic rings. The van der Waals surface area contributed by atoms with Gasteiger partial charge in [0.25, 0.3) is 5.91 Å². The van der Waals surface area contributed by atoms with Gasteiger partial charge in [0.05, 0.1) is 16.3 Å². The van der Waals surface area contributed by atoms with Crippen molar-refractivity contribution in [1.82, 2.24) is 10.2 Å². The van der Waals surface area contributed by atoms with Crippen LogP contribution >= 0.6 is 27.5 Å². The molecule has 1 unspecified atom stereocenters. The number of hydrogen-bond acceptors (Lipinski definition) is 4. The predicted octanol–water partition coefficient (Wildman–Crippen LogP) is 4.21. The zero-order valence-electron chi connectivity index (χ0n) is 13.8. The molecule has 8 heteroatoms. The molecule has 2 N–H and O–H groups in total. The molecule has 4 rings (SSSR count). The van der Waals surface area contributed by atoms with E-state index in [4.69, 9.17) is 16.3 Å². The molecule has 0 saturated carbocycles. The van der Waals surface area contributed by atoms with Crippen molar-refractivity contribution in [3.63, 3.8) is 0 Å². The number of anilines is 1. The zero-order valence-corrected chi connectivity index (χ0v) is 16.2. The lowest BCUT2D eigenvalue weighted by Crippen LogP contribution is -2.38. The summed E-state index contributed by atoms with van der Waals surface area (Å²) < 4.78 is 6.13. The molecule has 0 spiro atoms. The number of benzene rings is 2. The number of rotatable bonds is 3. The number of cyclic esters (lactones) is 1. The van der Waals surface area contributed by atoms with Crippen LogP contribution in [0.3, 0.4) is 0 Å². The Morgan fingerprint density at radius 1 is 1.22 bits per heavy atom. The van der Waals surface area contributed by atoms with E-state index in [1.165, 1.54) is 0 Å². The Labute approximate surface area is 168 Å². The maximum Gasteiger partial charge on any atom is 0.339 e. The molecular weight excluding hydrogens is 434 g/mol. The van der Waals surface area contributed by atoms with Gasteiger partial charge in [0, 0.05) is 22.5 Å². The smallest absolute Gasteiger partial charge is 0.339 e. The second-order valence-corrected chi connectivity index (χ2v) is 7.36. The standard InChI is InChI=1S/C19H13BrClN3O3/c20-11-5-6-14(21)13(8-11)15-9-17(24-23-15)22-18(25)16-7-10-3-1-2-4-12(10)19(26)27-16/h1-6,8-9,16H,7H2,(H2,22,23,24,25). The van der Waals surface area contributed by atoms with Gasteiger partial charge in [-0.25, -0.2) is 4.79 Å². The maximum absolute atomic E-state index is 12.5. The lowest BCUT2D eigenvalue weighted by Gasteiger charge is -2.23. The van der Waals surface area contributed by atoms with Crippen molar-refractivity contribution >= 4 is 45.2 Å². The minimum Gasteiger partial charge on any atom is -0.448 e. The van der Waals surface area contributed by atoms with E-state index in [9.17, 15) is 9.59 Å². The molecule has 0 aliphatic carbocycles. The van der Waals surface area contributed by atoms with E-state index < -0.39 is 18.0 Å². The molecular formula is C19H13BrClN3O3. The number of esters is 1. The Bertz CT molecular complexity index is 1050. The van der Waals surface area contributed by atoms with Gasteiger partial charge in [-0.15, -0.1) is 0 Å². The molecule has 1 atom stereocenters. The van der Waals surface area contributed by atoms with Crippen LogP contribution in [0.4, 0.5) is 5.82 Å². The summed E-state index contributed by atoms with van der Waals surface area (Å²) in [6, 6.07) is 14.2. The summed E-state index contributed by atoms with van der Waals surface area (Å²) in [4.78, 5) is 24.6. The molecule has 0 radical (unpaired) electrons. The van der Waals surface area contributed by atoms with E-state index in [1.807, 2.05) is 24.3 Å². The number of fused-ring (bicyclic) bond motifs is 1. The first-order valence-corrected chi connectivity index (χ1v) is 9.29. The monoisotopic (exact) mass is 445 g/mol. The van der Waals surface area contributed by atoms with Gasteiger partial charge in [-0.2, -0.15) is 5.10 Å². The number of aromatic nitrogens is 2. The van der Waals surface area contributed by atoms with Crippen LogP contribution in [0.2, 0.25) is 5.02 Å². The number of nitrogens with zero attached hydrogens (tertiary/aromatic N) is 1. The van der Waals surface area contributed by atoms with E-state index in [1.54, 1.807) is 24.3 Å². The Morgan fingerprint density at radius 2 is 2.04 bits per heavy atom. The molecule has 136 valence electrons. The van der Waals surface area contributed by atoms with Crippen molar-refractivity contribution in [2.24, 2.45) is 0 Å². The number of nitrogens with one attached hydrogen (secondary N) is 2. The van der Waals surface area contributed by atoms with E-state index >= 15 is 0 Å². The van der Waals surface area contributed by atoms with Crippen LogP contribution in [0.5, 0.6) is 0 Å². The van der Waals surface area contributed by atoms with Crippen molar-refractivity contribution in [1.29, 1.82) is 0 Å². The largest absolute Gasteiger partial charge is 0.448 e. The van der Waals surface area contributed by atoms with E-state index in [0.29, 0.717) is 28.5 Å². The summed E-state index contributed by atoms with van der Waals surface area (Å²) in [6.07, 6.45) is -0.579. The Morgan fingerprint density at radius 3 is 2.89 bits per heavy atom. The van der Waals surface area contributed by atoms with Gasteiger partial charge >= 0.3 is 5.97 Å². The molecule has 2 aromatic carbocycles. The van der Waals surface area contributed by atoms with Gasteiger partial charge in [0.2, 0.25) is 0 Å². The van der Waals surface area contributed by atoms with Crippen molar-refractivity contribution in [3.8, 4) is 11.3 Å². The van der Waals surface area contributed by atoms with Crippen molar-refractivity contribution < 1.29 is 14.3 Å². The lowest BCUT2D eigenvalue weighted by molar-refractivity contribution is -0.125. The highest BCUT2D eigenvalue weighted by molar-refractivity contribution is 9.10. The second kappa shape index (κ2) is 7.17. The highest BCUT2D eigenvalue weighted by Crippen LogP contribution is 2.30. The highest BCUT2D eigenvalue weighted by atomic mass is 79.9. The molecule has 1 amide bonds. The fourth-order valence-electron chi connectivity index (χ4n) is 2.91. The first-order valence-electron chi connectivity index (χ1n) is 8.12. The Hall–Kier alpha value is -2.64. The van der Waals surface area contributed by atoms with Crippen LogP contribution in [0.15, 0.2) is 53.0 Å². The van der Waals surface area contributed by atoms with Gasteiger partial charge in [-0.1, -0.05) is 45.7 Å². The van der Waals surface area contributed by atoms with Crippen LogP contribution in [-0.2, 0) is 16.0 Å². The second-order valence-electron chi connectivity index (χ2n) is 6.04. The summed E-state index contributed by atoms with van der Waals surface area (Å²) in [5, 5.41) is 10.2. The minimum absolute atomic E-state index is 0.320. The number of halogens is 2. The average molecular weight is 447 g/mol. The van der Waals surface area contributed by atoms with Gasteiger partial charge in [0.15, 0.2) is 11.9 Å². The molecule has 2 heterocycles. The van der Waals surface area contributed by atoms with Crippen molar-refractivity contribution in [3.05, 3.63) is 69.2 Å². The summed E-state index contributed by atoms with van der Waals surface area (Å²) in [6.45, 7) is 0. The molecule has 27 heavy (non-hydrogen) atoms. The number of H-pyrrole nitrogens is 1. The Balaban J connectivity index is 1.51. The third kappa shape index (κ3) is 3.61. The SMILES string of the molecule is O=C1OC(C(=O)Nc2cc(-c3cc(Br)ccc3Cl)[nH]n2)Cc2ccccc21. The summed E-state index contributed by atoms with van der Waals surface area (Å²) >= 11 is 9.62. The normalized spacial score (nSPS) is 15.8. The quantitative estimate of drug-likeness (QED) is 0.590. The summed E-state index contributed by atoms with van der Waals surface area (Å²) in [5.74, 6) is -0.613. The van der Waals surface area contributed by atoms with Crippen LogP contribution in [0.25, 0.3) is 11.3 Å². The fourth-order valence-corrected chi connectivity index (χ4v) is 3.49. The summed E-state index contributed by atoms with van der Waals surface area (Å²) in [7, 11) is 0. The molecule has 0 bridgehead atoms. The molecule has 1 aromatic heterocycles. The van der Waals surface area contributed by atoms with Gasteiger partial charge in [-0.3, -0.25) is 9.89 Å². The summed E-state index contributed by atoms with van der Waals surface area (Å²) in [5.41, 5.74) is 2.69.